The molecule has 6 nitrogen and oxygen atoms in total. The summed E-state index contributed by atoms with van der Waals surface area (Å²) >= 11 is 0. The van der Waals surface area contributed by atoms with Gasteiger partial charge < -0.3 is 14.7 Å². The molecule has 0 aromatic carbocycles. The predicted molar refractivity (Wildman–Crippen MR) is 61.4 cm³/mol. The molecular weight excluding hydrogens is 224 g/mol. The molecule has 0 bridgehead atoms. The molecule has 1 fully saturated rings. The van der Waals surface area contributed by atoms with Crippen molar-refractivity contribution in [3.05, 3.63) is 12.7 Å². The van der Waals surface area contributed by atoms with Crippen LogP contribution in [0.1, 0.15) is 6.42 Å². The van der Waals surface area contributed by atoms with Gasteiger partial charge in [0.2, 0.25) is 5.91 Å². The Hall–Kier alpha value is -1.56. The van der Waals surface area contributed by atoms with Crippen molar-refractivity contribution >= 4 is 12.0 Å². The second kappa shape index (κ2) is 5.67. The first-order chi connectivity index (χ1) is 7.97. The zero-order valence-electron chi connectivity index (χ0n) is 10.1. The Balaban J connectivity index is 2.71. The number of β-amino-alcohol motifs (C(OH)–C–C–N with tert-alkyl or cyclic N) is 1. The van der Waals surface area contributed by atoms with E-state index >= 15 is 0 Å². The minimum absolute atomic E-state index is 0.0916. The maximum absolute atomic E-state index is 11.8. The van der Waals surface area contributed by atoms with Gasteiger partial charge in [-0.3, -0.25) is 9.69 Å². The van der Waals surface area contributed by atoms with E-state index in [1.54, 1.807) is 14.1 Å². The Bertz CT molecular complexity index is 317. The lowest BCUT2D eigenvalue weighted by Gasteiger charge is -2.24. The molecule has 17 heavy (non-hydrogen) atoms. The third-order valence-electron chi connectivity index (χ3n) is 2.56. The summed E-state index contributed by atoms with van der Waals surface area (Å²) < 4.78 is 4.87. The standard InChI is InChI=1S/C11H18N2O4/c1-4-5-17-11(16)13-7-8(14)6-9(13)10(15)12(2)3/h4,8-9,14H,1,5-7H2,2-3H3/t8?,9-/m0/s1. The molecular formula is C11H18N2O4. The molecule has 0 aliphatic carbocycles. The summed E-state index contributed by atoms with van der Waals surface area (Å²) in [5.74, 6) is -0.211. The Labute approximate surface area is 100 Å². The van der Waals surface area contributed by atoms with Gasteiger partial charge in [-0.15, -0.1) is 0 Å². The van der Waals surface area contributed by atoms with E-state index in [9.17, 15) is 14.7 Å². The SMILES string of the molecule is C=CCOC(=O)N1CC(O)C[C@H]1C(=O)N(C)C. The number of carbonyl (C=O) groups is 2. The van der Waals surface area contributed by atoms with Crippen molar-refractivity contribution in [2.24, 2.45) is 0 Å². The fraction of sp³-hybridized carbons (Fsp3) is 0.636. The van der Waals surface area contributed by atoms with Gasteiger partial charge in [0.1, 0.15) is 12.6 Å². The van der Waals surface area contributed by atoms with Crippen LogP contribution in [0.5, 0.6) is 0 Å². The largest absolute Gasteiger partial charge is 0.445 e. The smallest absolute Gasteiger partial charge is 0.410 e. The number of nitrogens with zero attached hydrogens (tertiary/aromatic N) is 2. The number of rotatable bonds is 3. The van der Waals surface area contributed by atoms with E-state index in [2.05, 4.69) is 6.58 Å². The molecule has 1 unspecified atom stereocenters. The summed E-state index contributed by atoms with van der Waals surface area (Å²) in [6.45, 7) is 3.65. The zero-order chi connectivity index (χ0) is 13.0. The number of hydrogen-bond donors (Lipinski definition) is 1. The van der Waals surface area contributed by atoms with Crippen LogP contribution in [0, 0.1) is 0 Å². The Morgan fingerprint density at radius 1 is 1.59 bits per heavy atom. The highest BCUT2D eigenvalue weighted by molar-refractivity contribution is 5.86. The van der Waals surface area contributed by atoms with Gasteiger partial charge in [-0.2, -0.15) is 0 Å². The molecule has 0 radical (unpaired) electrons. The highest BCUT2D eigenvalue weighted by Gasteiger charge is 2.40. The van der Waals surface area contributed by atoms with E-state index in [4.69, 9.17) is 4.74 Å². The minimum atomic E-state index is -0.680. The minimum Gasteiger partial charge on any atom is -0.445 e. The molecule has 6 heteroatoms. The van der Waals surface area contributed by atoms with Gasteiger partial charge in [-0.25, -0.2) is 4.79 Å². The summed E-state index contributed by atoms with van der Waals surface area (Å²) in [4.78, 5) is 26.1. The maximum Gasteiger partial charge on any atom is 0.410 e. The van der Waals surface area contributed by atoms with Crippen LogP contribution in [0.3, 0.4) is 0 Å². The van der Waals surface area contributed by atoms with Crippen molar-refractivity contribution in [1.29, 1.82) is 0 Å². The second-order valence-corrected chi connectivity index (χ2v) is 4.16. The number of likely N-dealkylation sites (tertiary alicyclic amines) is 1. The first-order valence-electron chi connectivity index (χ1n) is 5.41. The lowest BCUT2D eigenvalue weighted by molar-refractivity contribution is -0.133. The maximum atomic E-state index is 11.8. The molecule has 1 aliphatic heterocycles. The van der Waals surface area contributed by atoms with Gasteiger partial charge in [0, 0.05) is 20.5 Å². The Kier molecular flexibility index (Phi) is 4.51. The van der Waals surface area contributed by atoms with Crippen LogP contribution in [0.4, 0.5) is 4.79 Å². The molecule has 1 aliphatic rings. The fourth-order valence-corrected chi connectivity index (χ4v) is 1.76. The van der Waals surface area contributed by atoms with Crippen molar-refractivity contribution < 1.29 is 19.4 Å². The number of aliphatic hydroxyl groups excluding tert-OH is 1. The average molecular weight is 242 g/mol. The van der Waals surface area contributed by atoms with E-state index in [0.29, 0.717) is 0 Å². The molecule has 2 amide bonds. The first-order valence-corrected chi connectivity index (χ1v) is 5.41. The normalized spacial score (nSPS) is 23.4. The quantitative estimate of drug-likeness (QED) is 0.698. The van der Waals surface area contributed by atoms with Gasteiger partial charge in [0.25, 0.3) is 0 Å². The van der Waals surface area contributed by atoms with Crippen molar-refractivity contribution in [3.63, 3.8) is 0 Å². The van der Waals surface area contributed by atoms with Crippen molar-refractivity contribution in [3.8, 4) is 0 Å². The van der Waals surface area contributed by atoms with Crippen LogP contribution < -0.4 is 0 Å². The molecule has 1 saturated heterocycles. The van der Waals surface area contributed by atoms with E-state index < -0.39 is 18.2 Å². The van der Waals surface area contributed by atoms with Crippen LogP contribution in [0.15, 0.2) is 12.7 Å². The topological polar surface area (TPSA) is 70.1 Å². The number of amides is 2. The third-order valence-corrected chi connectivity index (χ3v) is 2.56. The second-order valence-electron chi connectivity index (χ2n) is 4.16. The monoisotopic (exact) mass is 242 g/mol. The Morgan fingerprint density at radius 2 is 2.24 bits per heavy atom. The van der Waals surface area contributed by atoms with Crippen molar-refractivity contribution in [2.75, 3.05) is 27.2 Å². The summed E-state index contributed by atoms with van der Waals surface area (Å²) in [7, 11) is 3.22. The Morgan fingerprint density at radius 3 is 2.76 bits per heavy atom. The molecule has 0 aromatic rings. The molecule has 0 saturated carbocycles. The lowest BCUT2D eigenvalue weighted by Crippen LogP contribution is -2.45. The summed E-state index contributed by atoms with van der Waals surface area (Å²) in [6.07, 6.45) is 0.426. The summed E-state index contributed by atoms with van der Waals surface area (Å²) in [5.41, 5.74) is 0. The molecule has 0 aromatic heterocycles. The van der Waals surface area contributed by atoms with Crippen LogP contribution in [-0.2, 0) is 9.53 Å². The third kappa shape index (κ3) is 3.20. The molecule has 1 heterocycles. The van der Waals surface area contributed by atoms with Gasteiger partial charge in [0.15, 0.2) is 0 Å². The number of carbonyl (C=O) groups excluding carboxylic acids is 2. The highest BCUT2D eigenvalue weighted by Crippen LogP contribution is 2.20. The van der Waals surface area contributed by atoms with Gasteiger partial charge in [-0.1, -0.05) is 12.7 Å². The average Bonchev–Trinajstić information content (AvgIpc) is 2.66. The van der Waals surface area contributed by atoms with E-state index in [-0.39, 0.29) is 25.5 Å². The number of aliphatic hydroxyl groups is 1. The van der Waals surface area contributed by atoms with Crippen LogP contribution >= 0.6 is 0 Å². The lowest BCUT2D eigenvalue weighted by atomic mass is 10.2. The van der Waals surface area contributed by atoms with Crippen LogP contribution in [-0.4, -0.2) is 66.3 Å². The summed E-state index contributed by atoms with van der Waals surface area (Å²) in [6, 6.07) is -0.641. The summed E-state index contributed by atoms with van der Waals surface area (Å²) in [5, 5.41) is 9.53. The van der Waals surface area contributed by atoms with Gasteiger partial charge in [0.05, 0.1) is 12.6 Å². The van der Waals surface area contributed by atoms with Crippen molar-refractivity contribution in [1.82, 2.24) is 9.80 Å². The molecule has 1 N–H and O–H groups in total. The zero-order valence-corrected chi connectivity index (χ0v) is 10.1. The van der Waals surface area contributed by atoms with Gasteiger partial charge in [-0.05, 0) is 0 Å². The molecule has 2 atom stereocenters. The number of ether oxygens (including phenoxy) is 1. The fourth-order valence-electron chi connectivity index (χ4n) is 1.76. The van der Waals surface area contributed by atoms with Crippen LogP contribution in [0.25, 0.3) is 0 Å². The van der Waals surface area contributed by atoms with E-state index in [1.165, 1.54) is 15.9 Å². The first kappa shape index (κ1) is 13.5. The predicted octanol–water partition coefficient (Wildman–Crippen LogP) is -0.168. The molecule has 0 spiro atoms. The number of likely N-dealkylation sites (N-methyl/N-ethyl adjacent to an activating group) is 1. The highest BCUT2D eigenvalue weighted by atomic mass is 16.6. The van der Waals surface area contributed by atoms with E-state index in [0.717, 1.165) is 0 Å². The van der Waals surface area contributed by atoms with Crippen LogP contribution in [0.2, 0.25) is 0 Å². The number of hydrogen-bond acceptors (Lipinski definition) is 4. The molecule has 1 rings (SSSR count). The van der Waals surface area contributed by atoms with Crippen molar-refractivity contribution in [2.45, 2.75) is 18.6 Å². The molecule has 96 valence electrons. The van der Waals surface area contributed by atoms with E-state index in [1.807, 2.05) is 0 Å². The van der Waals surface area contributed by atoms with Gasteiger partial charge >= 0.3 is 6.09 Å².